The van der Waals surface area contributed by atoms with Crippen LogP contribution in [0.25, 0.3) is 53.6 Å². The van der Waals surface area contributed by atoms with Crippen LogP contribution in [0.3, 0.4) is 0 Å². The molecule has 0 saturated carbocycles. The summed E-state index contributed by atoms with van der Waals surface area (Å²) in [5.74, 6) is 0. The van der Waals surface area contributed by atoms with Crippen molar-refractivity contribution in [2.24, 2.45) is 0 Å². The third kappa shape index (κ3) is 2.81. The molecule has 2 aliphatic rings. The predicted octanol–water partition coefficient (Wildman–Crippen LogP) is 10.1. The maximum atomic E-state index is 2.44. The van der Waals surface area contributed by atoms with Crippen LogP contribution in [0.1, 0.15) is 22.3 Å². The molecule has 1 aromatic heterocycles. The molecule has 9 rings (SSSR count). The lowest BCUT2D eigenvalue weighted by atomic mass is 9.68. The summed E-state index contributed by atoms with van der Waals surface area (Å²) in [4.78, 5) is 2.24. The fourth-order valence-electron chi connectivity index (χ4n) is 7.82. The van der Waals surface area contributed by atoms with Crippen molar-refractivity contribution in [3.05, 3.63) is 150 Å². The van der Waals surface area contributed by atoms with Gasteiger partial charge in [0.1, 0.15) is 0 Å². The molecule has 7 aromatic rings. The normalized spacial score (nSPS) is 16.1. The highest BCUT2D eigenvalue weighted by atomic mass is 32.1. The molecule has 0 saturated heterocycles. The Labute approximate surface area is 244 Å². The largest absolute Gasteiger partial charge is 0.377 e. The lowest BCUT2D eigenvalue weighted by Gasteiger charge is -2.33. The molecular weight excluding hydrogens is 515 g/mol. The monoisotopic (exact) mass is 541 g/mol. The second-order valence-corrected chi connectivity index (χ2v) is 12.5. The average molecular weight is 542 g/mol. The maximum Gasteiger partial charge on any atom is 0.0731 e. The summed E-state index contributed by atoms with van der Waals surface area (Å²) in [5.41, 5.74) is 14.4. The van der Waals surface area contributed by atoms with Crippen molar-refractivity contribution in [1.82, 2.24) is 0 Å². The Morgan fingerprint density at radius 1 is 0.488 bits per heavy atom. The summed E-state index contributed by atoms with van der Waals surface area (Å²) < 4.78 is 2.71. The Morgan fingerprint density at radius 3 is 1.90 bits per heavy atom. The zero-order chi connectivity index (χ0) is 27.3. The Bertz CT molecular complexity index is 2200. The Morgan fingerprint density at radius 2 is 1.10 bits per heavy atom. The summed E-state index contributed by atoms with van der Waals surface area (Å²) in [6.45, 7) is 0. The molecule has 1 nitrogen and oxygen atoms in total. The van der Waals surface area contributed by atoms with Gasteiger partial charge < -0.3 is 4.90 Å². The van der Waals surface area contributed by atoms with Gasteiger partial charge in [0.25, 0.3) is 0 Å². The van der Waals surface area contributed by atoms with E-state index in [0.717, 1.165) is 0 Å². The highest BCUT2D eigenvalue weighted by Gasteiger charge is 2.53. The molecule has 2 aliphatic carbocycles. The van der Waals surface area contributed by atoms with Gasteiger partial charge in [-0.2, -0.15) is 0 Å². The molecule has 1 heterocycles. The minimum atomic E-state index is -0.398. The van der Waals surface area contributed by atoms with Crippen molar-refractivity contribution in [3.8, 4) is 33.4 Å². The Hall–Kier alpha value is -4.66. The number of thiophene rings is 1. The summed E-state index contributed by atoms with van der Waals surface area (Å²) in [5, 5.41) is 2.75. The van der Waals surface area contributed by atoms with Crippen molar-refractivity contribution in [3.63, 3.8) is 0 Å². The van der Waals surface area contributed by atoms with Gasteiger partial charge in [0.15, 0.2) is 0 Å². The van der Waals surface area contributed by atoms with E-state index in [1.165, 1.54) is 81.5 Å². The second-order valence-electron chi connectivity index (χ2n) is 11.4. The molecule has 1 unspecified atom stereocenters. The van der Waals surface area contributed by atoms with Gasteiger partial charge in [0.2, 0.25) is 0 Å². The smallest absolute Gasteiger partial charge is 0.0731 e. The first-order valence-corrected chi connectivity index (χ1v) is 15.1. The van der Waals surface area contributed by atoms with Gasteiger partial charge in [-0.25, -0.2) is 0 Å². The molecule has 41 heavy (non-hydrogen) atoms. The third-order valence-electron chi connectivity index (χ3n) is 9.28. The van der Waals surface area contributed by atoms with Crippen LogP contribution in [0.4, 0.5) is 5.69 Å². The topological polar surface area (TPSA) is 3.24 Å². The van der Waals surface area contributed by atoms with Crippen LogP contribution in [0.5, 0.6) is 0 Å². The van der Waals surface area contributed by atoms with Crippen molar-refractivity contribution < 1.29 is 0 Å². The van der Waals surface area contributed by atoms with Gasteiger partial charge in [-0.15, -0.1) is 11.3 Å². The van der Waals surface area contributed by atoms with E-state index >= 15 is 0 Å². The maximum absolute atomic E-state index is 2.44. The zero-order valence-corrected chi connectivity index (χ0v) is 23.8. The molecule has 0 fully saturated rings. The number of anilines is 1. The van der Waals surface area contributed by atoms with Gasteiger partial charge in [-0.3, -0.25) is 0 Å². The first kappa shape index (κ1) is 23.1. The Kier molecular flexibility index (Phi) is 4.61. The zero-order valence-electron chi connectivity index (χ0n) is 23.0. The molecule has 6 aromatic carbocycles. The third-order valence-corrected chi connectivity index (χ3v) is 10.4. The average Bonchev–Trinajstić information content (AvgIpc) is 3.65. The first-order valence-electron chi connectivity index (χ1n) is 14.2. The number of rotatable bonds is 2. The van der Waals surface area contributed by atoms with Crippen molar-refractivity contribution in [2.45, 2.75) is 5.41 Å². The van der Waals surface area contributed by atoms with E-state index in [9.17, 15) is 0 Å². The SMILES string of the molecule is CN(C)c1ccccc1-c1cccc2c1C1(c3ccccc3-2)c2ccccc2-c2c1ccc1sc3ccccc3c21. The van der Waals surface area contributed by atoms with E-state index in [0.29, 0.717) is 0 Å². The molecule has 1 atom stereocenters. The Balaban J connectivity index is 1.51. The van der Waals surface area contributed by atoms with Gasteiger partial charge >= 0.3 is 0 Å². The van der Waals surface area contributed by atoms with Crippen LogP contribution in [-0.4, -0.2) is 14.1 Å². The predicted molar refractivity (Wildman–Crippen MR) is 175 cm³/mol. The van der Waals surface area contributed by atoms with Gasteiger partial charge in [-0.1, -0.05) is 109 Å². The van der Waals surface area contributed by atoms with Crippen LogP contribution >= 0.6 is 11.3 Å². The minimum Gasteiger partial charge on any atom is -0.377 e. The quantitative estimate of drug-likeness (QED) is 0.210. The fraction of sp³-hybridized carbons (Fsp3) is 0.0769. The molecular formula is C39H27NS. The number of nitrogens with zero attached hydrogens (tertiary/aromatic N) is 1. The number of hydrogen-bond donors (Lipinski definition) is 0. The van der Waals surface area contributed by atoms with E-state index in [-0.39, 0.29) is 0 Å². The summed E-state index contributed by atoms with van der Waals surface area (Å²) >= 11 is 1.90. The molecule has 1 spiro atoms. The number of hydrogen-bond acceptors (Lipinski definition) is 2. The standard InChI is InChI=1S/C39H27NS/c1-40(2)33-20-9-5-13-25(33)27-17-11-16-26-24-12-3-7-18-30(24)39(38(26)27)31-19-8-4-14-28(31)36-32(39)22-23-35-37(36)29-15-6-10-21-34(29)41-35/h3-23H,1-2H3. The second kappa shape index (κ2) is 8.19. The van der Waals surface area contributed by atoms with Crippen molar-refractivity contribution in [2.75, 3.05) is 19.0 Å². The van der Waals surface area contributed by atoms with Gasteiger partial charge in [-0.05, 0) is 68.3 Å². The van der Waals surface area contributed by atoms with E-state index in [2.05, 4.69) is 146 Å². The lowest BCUT2D eigenvalue weighted by Crippen LogP contribution is -2.26. The molecule has 0 N–H and O–H groups in total. The molecule has 194 valence electrons. The van der Waals surface area contributed by atoms with E-state index in [1.54, 1.807) is 0 Å². The first-order chi connectivity index (χ1) is 20.2. The highest BCUT2D eigenvalue weighted by Crippen LogP contribution is 2.66. The van der Waals surface area contributed by atoms with Crippen LogP contribution in [0.2, 0.25) is 0 Å². The molecule has 0 aliphatic heterocycles. The molecule has 0 radical (unpaired) electrons. The van der Waals surface area contributed by atoms with E-state index < -0.39 is 5.41 Å². The van der Waals surface area contributed by atoms with Crippen molar-refractivity contribution in [1.29, 1.82) is 0 Å². The van der Waals surface area contributed by atoms with Crippen molar-refractivity contribution >= 4 is 37.2 Å². The van der Waals surface area contributed by atoms with Gasteiger partial charge in [0, 0.05) is 45.5 Å². The van der Waals surface area contributed by atoms with Gasteiger partial charge in [0.05, 0.1) is 5.41 Å². The van der Waals surface area contributed by atoms with Crippen LogP contribution in [-0.2, 0) is 5.41 Å². The highest BCUT2D eigenvalue weighted by molar-refractivity contribution is 7.26. The number of para-hydroxylation sites is 1. The number of benzene rings is 6. The number of fused-ring (bicyclic) bond motifs is 14. The van der Waals surface area contributed by atoms with E-state index in [1.807, 2.05) is 11.3 Å². The summed E-state index contributed by atoms with van der Waals surface area (Å²) in [6, 6.07) is 47.8. The van der Waals surface area contributed by atoms with Crippen LogP contribution < -0.4 is 4.90 Å². The summed E-state index contributed by atoms with van der Waals surface area (Å²) in [7, 11) is 4.29. The minimum absolute atomic E-state index is 0.398. The molecule has 0 amide bonds. The molecule has 2 heteroatoms. The van der Waals surface area contributed by atoms with Crippen LogP contribution in [0, 0.1) is 0 Å². The fourth-order valence-corrected chi connectivity index (χ4v) is 8.93. The van der Waals surface area contributed by atoms with E-state index in [4.69, 9.17) is 0 Å². The molecule has 0 bridgehead atoms. The lowest BCUT2D eigenvalue weighted by molar-refractivity contribution is 0.796. The van der Waals surface area contributed by atoms with Crippen LogP contribution in [0.15, 0.2) is 127 Å². The summed E-state index contributed by atoms with van der Waals surface area (Å²) in [6.07, 6.45) is 0.